The van der Waals surface area contributed by atoms with Crippen molar-refractivity contribution in [2.75, 3.05) is 0 Å². The number of ether oxygens (including phenoxy) is 1. The van der Waals surface area contributed by atoms with Crippen molar-refractivity contribution in [2.45, 2.75) is 123 Å². The Kier molecular flexibility index (Phi) is 12.0. The lowest BCUT2D eigenvalue weighted by molar-refractivity contribution is -0.113. The lowest BCUT2D eigenvalue weighted by atomic mass is 9.93. The molecule has 232 valence electrons. The monoisotopic (exact) mass is 613 g/mol. The van der Waals surface area contributed by atoms with E-state index in [2.05, 4.69) is 96.8 Å². The van der Waals surface area contributed by atoms with Crippen LogP contribution in [0.15, 0.2) is 47.6 Å². The van der Waals surface area contributed by atoms with Crippen LogP contribution in [-0.2, 0) is 20.4 Å². The van der Waals surface area contributed by atoms with Crippen LogP contribution in [0, 0.1) is 5.92 Å². The minimum atomic E-state index is -2.26. The van der Waals surface area contributed by atoms with Gasteiger partial charge in [-0.1, -0.05) is 78.8 Å². The fourth-order valence-electron chi connectivity index (χ4n) is 4.18. The van der Waals surface area contributed by atoms with Gasteiger partial charge < -0.3 is 13.6 Å². The summed E-state index contributed by atoms with van der Waals surface area (Å²) < 4.78 is 19.8. The molecule has 42 heavy (non-hydrogen) atoms. The van der Waals surface area contributed by atoms with Gasteiger partial charge in [0.1, 0.15) is 17.4 Å². The molecule has 1 amide bonds. The Bertz CT molecular complexity index is 1220. The summed E-state index contributed by atoms with van der Waals surface area (Å²) in [6.07, 6.45) is 8.53. The Morgan fingerprint density at radius 3 is 2.33 bits per heavy atom. The van der Waals surface area contributed by atoms with E-state index in [4.69, 9.17) is 19.1 Å². The Hall–Kier alpha value is -2.66. The molecule has 1 aliphatic heterocycles. The lowest BCUT2D eigenvalue weighted by Gasteiger charge is -2.41. The van der Waals surface area contributed by atoms with Crippen LogP contribution in [0.2, 0.25) is 36.3 Å². The summed E-state index contributed by atoms with van der Waals surface area (Å²) in [7, 11) is -4.41. The second kappa shape index (κ2) is 14.2. The van der Waals surface area contributed by atoms with Crippen molar-refractivity contribution < 1.29 is 23.2 Å². The highest BCUT2D eigenvalue weighted by atomic mass is 28.4. The summed E-state index contributed by atoms with van der Waals surface area (Å²) in [5.41, 5.74) is 9.89. The predicted molar refractivity (Wildman–Crippen MR) is 175 cm³/mol. The summed E-state index contributed by atoms with van der Waals surface area (Å²) in [4.78, 5) is 28.4. The van der Waals surface area contributed by atoms with E-state index in [0.29, 0.717) is 24.2 Å². The highest BCUT2D eigenvalue weighted by Crippen LogP contribution is 2.41. The summed E-state index contributed by atoms with van der Waals surface area (Å²) in [6, 6.07) is 5.74. The summed E-state index contributed by atoms with van der Waals surface area (Å²) in [5.74, 6) is -0.422. The molecule has 0 aliphatic carbocycles. The van der Waals surface area contributed by atoms with Crippen molar-refractivity contribution in [1.82, 2.24) is 0 Å². The van der Waals surface area contributed by atoms with Crippen molar-refractivity contribution in [1.29, 1.82) is 0 Å². The Morgan fingerprint density at radius 2 is 1.74 bits per heavy atom. The van der Waals surface area contributed by atoms with Crippen LogP contribution in [0.25, 0.3) is 10.4 Å². The van der Waals surface area contributed by atoms with E-state index in [1.807, 2.05) is 18.2 Å². The number of nitrogens with zero attached hydrogens (tertiary/aromatic N) is 3. The number of hydrogen-bond donors (Lipinski definition) is 0. The van der Waals surface area contributed by atoms with Gasteiger partial charge in [-0.2, -0.15) is 0 Å². The molecular formula is C32H51N3O5Si2. The third-order valence-corrected chi connectivity index (χ3v) is 17.8. The van der Waals surface area contributed by atoms with E-state index >= 15 is 0 Å². The Labute approximate surface area is 254 Å². The molecule has 0 radical (unpaired) electrons. The lowest BCUT2D eigenvalue weighted by Crippen LogP contribution is -2.46. The van der Waals surface area contributed by atoms with Gasteiger partial charge in [0.15, 0.2) is 8.32 Å². The first-order valence-electron chi connectivity index (χ1n) is 14.9. The van der Waals surface area contributed by atoms with Crippen LogP contribution in [0.4, 0.5) is 0 Å². The maximum absolute atomic E-state index is 14.0. The van der Waals surface area contributed by atoms with Crippen LogP contribution < -0.4 is 4.43 Å². The third kappa shape index (κ3) is 9.69. The number of hydrogen-bond acceptors (Lipinski definition) is 5. The number of azide groups is 1. The number of fused-ring (bicyclic) bond motifs is 1. The van der Waals surface area contributed by atoms with E-state index in [9.17, 15) is 9.59 Å². The van der Waals surface area contributed by atoms with Gasteiger partial charge in [-0.3, -0.25) is 4.79 Å². The average Bonchev–Trinajstić information content (AvgIpc) is 2.83. The molecule has 1 aromatic carbocycles. The Morgan fingerprint density at radius 1 is 1.10 bits per heavy atom. The number of benzene rings is 1. The first kappa shape index (κ1) is 35.5. The second-order valence-corrected chi connectivity index (χ2v) is 23.9. The highest BCUT2D eigenvalue weighted by Gasteiger charge is 2.42. The standard InChI is InChI=1S/C32H51N3O5Si2/c1-23-16-12-13-17-24-18-14-20-26(39-41(8,9)31(2,3)4)29(24)30(37)38-25(19-15-21-28(36)34-35-33)22-27(23)40-42(10,11)32(5,6)7/h12-15,18,20-21,23,25,27H,16-17,19,22H2,1-11H3/b13-12+,21-15+/t23-,25?,27+/m0/s1. The Balaban J connectivity index is 2.58. The minimum absolute atomic E-state index is 0.00890. The highest BCUT2D eigenvalue weighted by molar-refractivity contribution is 6.75. The molecule has 1 unspecified atom stereocenters. The van der Waals surface area contributed by atoms with E-state index in [1.54, 1.807) is 6.08 Å². The van der Waals surface area contributed by atoms with Crippen molar-refractivity contribution >= 4 is 28.5 Å². The van der Waals surface area contributed by atoms with Crippen molar-refractivity contribution in [3.63, 3.8) is 0 Å². The van der Waals surface area contributed by atoms with Crippen LogP contribution in [-0.4, -0.2) is 40.7 Å². The number of amides is 1. The molecule has 1 aliphatic rings. The third-order valence-electron chi connectivity index (χ3n) is 8.96. The topological polar surface area (TPSA) is 111 Å². The van der Waals surface area contributed by atoms with E-state index in [0.717, 1.165) is 12.0 Å². The van der Waals surface area contributed by atoms with Crippen LogP contribution in [0.1, 0.15) is 83.7 Å². The quantitative estimate of drug-likeness (QED) is 0.0579. The predicted octanol–water partition coefficient (Wildman–Crippen LogP) is 9.30. The van der Waals surface area contributed by atoms with Gasteiger partial charge in [0.2, 0.25) is 5.91 Å². The van der Waals surface area contributed by atoms with Crippen LogP contribution in [0.3, 0.4) is 0 Å². The second-order valence-electron chi connectivity index (χ2n) is 14.4. The molecular weight excluding hydrogens is 563 g/mol. The van der Waals surface area contributed by atoms with E-state index in [1.165, 1.54) is 6.08 Å². The molecule has 2 rings (SSSR count). The van der Waals surface area contributed by atoms with E-state index < -0.39 is 34.6 Å². The summed E-state index contributed by atoms with van der Waals surface area (Å²) in [6.45, 7) is 24.1. The molecule has 1 aromatic rings. The molecule has 8 nitrogen and oxygen atoms in total. The van der Waals surface area contributed by atoms with Crippen LogP contribution >= 0.6 is 0 Å². The summed E-state index contributed by atoms with van der Waals surface area (Å²) >= 11 is 0. The average molecular weight is 614 g/mol. The van der Waals surface area contributed by atoms with Crippen molar-refractivity contribution in [3.05, 3.63) is 64.1 Å². The van der Waals surface area contributed by atoms with Gasteiger partial charge in [-0.05, 0) is 83.4 Å². The number of carbonyl (C=O) groups excluding carboxylic acids is 2. The zero-order valence-electron chi connectivity index (χ0n) is 27.5. The van der Waals surface area contributed by atoms with Crippen molar-refractivity contribution in [2.24, 2.45) is 11.0 Å². The molecule has 0 bridgehead atoms. The molecule has 3 atom stereocenters. The largest absolute Gasteiger partial charge is 0.543 e. The smallest absolute Gasteiger partial charge is 0.342 e. The van der Waals surface area contributed by atoms with Gasteiger partial charge in [0.25, 0.3) is 8.32 Å². The maximum Gasteiger partial charge on any atom is 0.342 e. The first-order chi connectivity index (χ1) is 19.3. The van der Waals surface area contributed by atoms with Gasteiger partial charge in [0.05, 0.1) is 6.10 Å². The molecule has 0 spiro atoms. The molecule has 0 saturated heterocycles. The normalized spacial score (nSPS) is 21.8. The molecule has 0 saturated carbocycles. The molecule has 1 heterocycles. The first-order valence-corrected chi connectivity index (χ1v) is 20.7. The maximum atomic E-state index is 14.0. The molecule has 0 fully saturated rings. The number of allylic oxidation sites excluding steroid dienone is 2. The van der Waals surface area contributed by atoms with Gasteiger partial charge in [0, 0.05) is 17.8 Å². The molecule has 0 N–H and O–H groups in total. The van der Waals surface area contributed by atoms with Gasteiger partial charge in [-0.25, -0.2) is 4.79 Å². The van der Waals surface area contributed by atoms with Gasteiger partial charge in [-0.15, -0.1) is 0 Å². The number of esters is 1. The molecule has 0 aromatic heterocycles. The number of carbonyl (C=O) groups is 2. The zero-order valence-corrected chi connectivity index (χ0v) is 29.5. The van der Waals surface area contributed by atoms with Crippen molar-refractivity contribution in [3.8, 4) is 5.75 Å². The fourth-order valence-corrected chi connectivity index (χ4v) is 6.64. The van der Waals surface area contributed by atoms with Crippen LogP contribution in [0.5, 0.6) is 5.75 Å². The van der Waals surface area contributed by atoms with Gasteiger partial charge >= 0.3 is 5.97 Å². The summed E-state index contributed by atoms with van der Waals surface area (Å²) in [5, 5.41) is 3.07. The molecule has 10 heteroatoms. The van der Waals surface area contributed by atoms with E-state index in [-0.39, 0.29) is 28.5 Å². The number of cyclic esters (lactones) is 1. The zero-order chi connectivity index (χ0) is 31.9. The number of rotatable bonds is 7. The fraction of sp³-hybridized carbons (Fsp3) is 0.625. The SMILES string of the molecule is C[C@H]1C/C=C/Cc2cccc(O[Si](C)(C)C(C)(C)C)c2C(=O)OC(C/C=C/C(=O)N=[N+]=[N-])C[C@H]1O[Si](C)(C)C(C)(C)C. The minimum Gasteiger partial charge on any atom is -0.543 e.